The van der Waals surface area contributed by atoms with Crippen LogP contribution in [0.4, 0.5) is 5.82 Å². The molecule has 1 N–H and O–H groups in total. The van der Waals surface area contributed by atoms with Crippen LogP contribution in [0.1, 0.15) is 25.3 Å². The fraction of sp³-hybridized carbons (Fsp3) is 0.583. The molecule has 1 atom stereocenters. The van der Waals surface area contributed by atoms with Crippen molar-refractivity contribution < 1.29 is 0 Å². The molecule has 3 rings (SSSR count). The zero-order valence-corrected chi connectivity index (χ0v) is 11.3. The van der Waals surface area contributed by atoms with Crippen LogP contribution in [0.5, 0.6) is 0 Å². The smallest absolute Gasteiger partial charge is 0.255 e. The van der Waals surface area contributed by atoms with Gasteiger partial charge in [-0.2, -0.15) is 19.6 Å². The molecule has 1 saturated carbocycles. The number of fused-ring (bicyclic) bond motifs is 1. The summed E-state index contributed by atoms with van der Waals surface area (Å²) in [7, 11) is 0. The fourth-order valence-electron chi connectivity index (χ4n) is 2.19. The number of anilines is 1. The zero-order valence-electron chi connectivity index (χ0n) is 10.5. The maximum atomic E-state index is 6.11. The van der Waals surface area contributed by atoms with Crippen LogP contribution in [0, 0.1) is 18.8 Å². The number of nitrogens with zero attached hydrogens (tertiary/aromatic N) is 4. The van der Waals surface area contributed by atoms with Gasteiger partial charge in [0.25, 0.3) is 5.78 Å². The molecule has 6 heteroatoms. The maximum absolute atomic E-state index is 6.11. The highest BCUT2D eigenvalue weighted by Crippen LogP contribution is 2.36. The number of aromatic nitrogens is 4. The van der Waals surface area contributed by atoms with Crippen molar-refractivity contribution in [3.63, 3.8) is 0 Å². The third-order valence-electron chi connectivity index (χ3n) is 3.62. The van der Waals surface area contributed by atoms with Crippen LogP contribution in [-0.2, 0) is 0 Å². The van der Waals surface area contributed by atoms with Crippen molar-refractivity contribution in [2.75, 3.05) is 11.9 Å². The van der Waals surface area contributed by atoms with E-state index in [1.54, 1.807) is 4.52 Å². The van der Waals surface area contributed by atoms with Crippen LogP contribution in [0.25, 0.3) is 5.78 Å². The summed E-state index contributed by atoms with van der Waals surface area (Å²) < 4.78 is 1.71. The van der Waals surface area contributed by atoms with Gasteiger partial charge in [0.05, 0.1) is 0 Å². The van der Waals surface area contributed by atoms with Gasteiger partial charge >= 0.3 is 0 Å². The second-order valence-electron chi connectivity index (χ2n) is 5.04. The highest BCUT2D eigenvalue weighted by Gasteiger charge is 2.27. The van der Waals surface area contributed by atoms with Crippen molar-refractivity contribution in [3.05, 3.63) is 17.0 Å². The van der Waals surface area contributed by atoms with E-state index in [1.807, 2.05) is 6.92 Å². The predicted octanol–water partition coefficient (Wildman–Crippen LogP) is 2.54. The van der Waals surface area contributed by atoms with Crippen LogP contribution in [0.3, 0.4) is 0 Å². The molecule has 1 unspecified atom stereocenters. The average molecular weight is 266 g/mol. The quantitative estimate of drug-likeness (QED) is 0.863. The Balaban J connectivity index is 1.89. The molecule has 2 heterocycles. The summed E-state index contributed by atoms with van der Waals surface area (Å²) in [5, 5.41) is 8.10. The monoisotopic (exact) mass is 265 g/mol. The zero-order chi connectivity index (χ0) is 12.7. The van der Waals surface area contributed by atoms with Crippen molar-refractivity contribution in [1.29, 1.82) is 0 Å². The van der Waals surface area contributed by atoms with Crippen LogP contribution in [0.2, 0.25) is 5.15 Å². The minimum Gasteiger partial charge on any atom is -0.369 e. The normalized spacial score (nSPS) is 17.1. The highest BCUT2D eigenvalue weighted by molar-refractivity contribution is 6.30. The fourth-order valence-corrected chi connectivity index (χ4v) is 2.36. The molecule has 0 aromatic carbocycles. The van der Waals surface area contributed by atoms with Gasteiger partial charge in [-0.3, -0.25) is 0 Å². The number of hydrogen-bond acceptors (Lipinski definition) is 4. The SMILES string of the molecule is Cc1c(Cl)nc2ncnn2c1NCC(C)C1CC1. The van der Waals surface area contributed by atoms with Gasteiger partial charge in [-0.1, -0.05) is 18.5 Å². The van der Waals surface area contributed by atoms with Gasteiger partial charge in [0.15, 0.2) is 0 Å². The lowest BCUT2D eigenvalue weighted by Crippen LogP contribution is -2.16. The Morgan fingerprint density at radius 3 is 3.06 bits per heavy atom. The largest absolute Gasteiger partial charge is 0.369 e. The van der Waals surface area contributed by atoms with Crippen LogP contribution in [-0.4, -0.2) is 26.1 Å². The second-order valence-corrected chi connectivity index (χ2v) is 5.40. The topological polar surface area (TPSA) is 55.1 Å². The molecule has 0 bridgehead atoms. The van der Waals surface area contributed by atoms with Crippen molar-refractivity contribution in [2.24, 2.45) is 11.8 Å². The highest BCUT2D eigenvalue weighted by atomic mass is 35.5. The standard InChI is InChI=1S/C12H16ClN5/c1-7(9-3-4-9)5-14-11-8(2)10(13)17-12-15-6-16-18(11)12/h6-7,9,14H,3-5H2,1-2H3. The molecule has 5 nitrogen and oxygen atoms in total. The molecular weight excluding hydrogens is 250 g/mol. The lowest BCUT2D eigenvalue weighted by Gasteiger charge is -2.15. The van der Waals surface area contributed by atoms with E-state index in [2.05, 4.69) is 27.3 Å². The molecular formula is C12H16ClN5. The van der Waals surface area contributed by atoms with E-state index in [-0.39, 0.29) is 0 Å². The third-order valence-corrected chi connectivity index (χ3v) is 3.99. The summed E-state index contributed by atoms with van der Waals surface area (Å²) in [5.74, 6) is 2.98. The predicted molar refractivity (Wildman–Crippen MR) is 70.9 cm³/mol. The second kappa shape index (κ2) is 4.39. The summed E-state index contributed by atoms with van der Waals surface area (Å²) in [6.07, 6.45) is 4.21. The van der Waals surface area contributed by atoms with Gasteiger partial charge in [-0.15, -0.1) is 0 Å². The van der Waals surface area contributed by atoms with Crippen molar-refractivity contribution in [3.8, 4) is 0 Å². The van der Waals surface area contributed by atoms with E-state index in [1.165, 1.54) is 19.2 Å². The number of hydrogen-bond donors (Lipinski definition) is 1. The van der Waals surface area contributed by atoms with Crippen molar-refractivity contribution >= 4 is 23.2 Å². The van der Waals surface area contributed by atoms with E-state index < -0.39 is 0 Å². The summed E-state index contributed by atoms with van der Waals surface area (Å²) in [4.78, 5) is 8.26. The van der Waals surface area contributed by atoms with Crippen molar-refractivity contribution in [2.45, 2.75) is 26.7 Å². The number of nitrogens with one attached hydrogen (secondary N) is 1. The van der Waals surface area contributed by atoms with E-state index in [0.717, 1.165) is 23.8 Å². The van der Waals surface area contributed by atoms with Gasteiger partial charge in [0, 0.05) is 12.1 Å². The Kier molecular flexibility index (Phi) is 2.86. The molecule has 1 aliphatic rings. The Bertz CT molecular complexity index is 575. The summed E-state index contributed by atoms with van der Waals surface area (Å²) in [6.45, 7) is 5.16. The molecule has 1 fully saturated rings. The van der Waals surface area contributed by atoms with Gasteiger partial charge < -0.3 is 5.32 Å². The van der Waals surface area contributed by atoms with Crippen LogP contribution in [0.15, 0.2) is 6.33 Å². The molecule has 0 amide bonds. The maximum Gasteiger partial charge on any atom is 0.255 e. The Morgan fingerprint density at radius 1 is 1.56 bits per heavy atom. The van der Waals surface area contributed by atoms with E-state index in [4.69, 9.17) is 11.6 Å². The molecule has 2 aromatic rings. The van der Waals surface area contributed by atoms with Gasteiger partial charge in [0.1, 0.15) is 17.3 Å². The molecule has 18 heavy (non-hydrogen) atoms. The average Bonchev–Trinajstić information content (AvgIpc) is 3.10. The third kappa shape index (κ3) is 2.03. The lowest BCUT2D eigenvalue weighted by atomic mass is 10.1. The summed E-state index contributed by atoms with van der Waals surface area (Å²) in [5.41, 5.74) is 0.915. The van der Waals surface area contributed by atoms with Crippen LogP contribution >= 0.6 is 11.6 Å². The van der Waals surface area contributed by atoms with Crippen molar-refractivity contribution in [1.82, 2.24) is 19.6 Å². The summed E-state index contributed by atoms with van der Waals surface area (Å²) in [6, 6.07) is 0. The van der Waals surface area contributed by atoms with E-state index in [0.29, 0.717) is 16.8 Å². The molecule has 96 valence electrons. The Labute approximate surface area is 111 Å². The van der Waals surface area contributed by atoms with Gasteiger partial charge in [-0.05, 0) is 31.6 Å². The summed E-state index contributed by atoms with van der Waals surface area (Å²) >= 11 is 6.11. The molecule has 0 spiro atoms. The lowest BCUT2D eigenvalue weighted by molar-refractivity contribution is 0.535. The molecule has 0 saturated heterocycles. The van der Waals surface area contributed by atoms with Gasteiger partial charge in [0.2, 0.25) is 0 Å². The minimum absolute atomic E-state index is 0.483. The van der Waals surface area contributed by atoms with E-state index in [9.17, 15) is 0 Å². The first kappa shape index (κ1) is 11.7. The molecule has 2 aromatic heterocycles. The number of rotatable bonds is 4. The Hall–Kier alpha value is -1.36. The first-order valence-electron chi connectivity index (χ1n) is 6.26. The minimum atomic E-state index is 0.483. The molecule has 0 aliphatic heterocycles. The molecule has 1 aliphatic carbocycles. The number of halogens is 1. The molecule has 0 radical (unpaired) electrons. The Morgan fingerprint density at radius 2 is 2.33 bits per heavy atom. The first-order valence-corrected chi connectivity index (χ1v) is 6.64. The first-order chi connectivity index (χ1) is 8.66. The van der Waals surface area contributed by atoms with E-state index >= 15 is 0 Å². The van der Waals surface area contributed by atoms with Gasteiger partial charge in [-0.25, -0.2) is 0 Å². The van der Waals surface area contributed by atoms with Crippen LogP contribution < -0.4 is 5.32 Å².